The first-order valence-electron chi connectivity index (χ1n) is 7.18. The van der Waals surface area contributed by atoms with Crippen LogP contribution >= 0.6 is 11.3 Å². The largest absolute Gasteiger partial charge is 0.455 e. The Balaban J connectivity index is 2.20. The molecule has 4 nitrogen and oxygen atoms in total. The smallest absolute Gasteiger partial charge is 0.216 e. The first-order valence-corrected chi connectivity index (χ1v) is 8.06. The number of hydrogen-bond donors (Lipinski definition) is 0. The van der Waals surface area contributed by atoms with Gasteiger partial charge in [0.1, 0.15) is 23.0 Å². The zero-order chi connectivity index (χ0) is 15.0. The SMILES string of the molecule is Cc1c2cc[n+](C)c2cc2oc3csc4ncn(C)c(c12)c34. The van der Waals surface area contributed by atoms with Gasteiger partial charge in [-0.3, -0.25) is 0 Å². The molecule has 0 fully saturated rings. The molecule has 0 radical (unpaired) electrons. The first-order chi connectivity index (χ1) is 10.6. The van der Waals surface area contributed by atoms with Crippen LogP contribution in [-0.4, -0.2) is 9.55 Å². The molecule has 5 heteroatoms. The Kier molecular flexibility index (Phi) is 2.14. The van der Waals surface area contributed by atoms with Crippen LogP contribution in [-0.2, 0) is 14.1 Å². The van der Waals surface area contributed by atoms with E-state index >= 15 is 0 Å². The number of aromatic nitrogens is 3. The Morgan fingerprint density at radius 1 is 1.27 bits per heavy atom. The predicted molar refractivity (Wildman–Crippen MR) is 89.3 cm³/mol. The molecule has 0 aliphatic carbocycles. The molecule has 0 spiro atoms. The van der Waals surface area contributed by atoms with Gasteiger partial charge in [0.05, 0.1) is 28.7 Å². The van der Waals surface area contributed by atoms with Crippen LogP contribution in [0.1, 0.15) is 5.56 Å². The van der Waals surface area contributed by atoms with Crippen molar-refractivity contribution in [1.82, 2.24) is 9.55 Å². The molecule has 22 heavy (non-hydrogen) atoms. The maximum Gasteiger partial charge on any atom is 0.216 e. The number of benzene rings is 1. The van der Waals surface area contributed by atoms with E-state index in [-0.39, 0.29) is 0 Å². The van der Waals surface area contributed by atoms with Gasteiger partial charge in [-0.1, -0.05) is 0 Å². The molecule has 0 atom stereocenters. The summed E-state index contributed by atoms with van der Waals surface area (Å²) in [5.41, 5.74) is 5.50. The molecule has 0 saturated carbocycles. The van der Waals surface area contributed by atoms with E-state index in [0.29, 0.717) is 0 Å². The maximum absolute atomic E-state index is 6.20. The number of nitrogens with zero attached hydrogens (tertiary/aromatic N) is 3. The number of aryl methyl sites for hydroxylation is 3. The lowest BCUT2D eigenvalue weighted by Gasteiger charge is -2.10. The highest BCUT2D eigenvalue weighted by Crippen LogP contribution is 2.38. The zero-order valence-corrected chi connectivity index (χ0v) is 13.4. The summed E-state index contributed by atoms with van der Waals surface area (Å²) in [7, 11) is 4.12. The standard InChI is InChI=1S/C17H14N3OS/c1-9-10-4-5-19(2)11(10)6-12-14(9)16-15-13(21-12)7-22-17(15)18-8-20(16)3/h4-8H,1-3H3/q+1. The summed E-state index contributed by atoms with van der Waals surface area (Å²) in [6.45, 7) is 2.17. The fourth-order valence-corrected chi connectivity index (χ4v) is 4.25. The van der Waals surface area contributed by atoms with Gasteiger partial charge in [0.15, 0.2) is 6.20 Å². The van der Waals surface area contributed by atoms with Gasteiger partial charge in [0, 0.05) is 23.9 Å². The number of thiophene rings is 1. The lowest BCUT2D eigenvalue weighted by Crippen LogP contribution is -2.24. The van der Waals surface area contributed by atoms with Crippen LogP contribution in [0.4, 0.5) is 0 Å². The van der Waals surface area contributed by atoms with Gasteiger partial charge in [-0.15, -0.1) is 11.3 Å². The fraction of sp³-hybridized carbons (Fsp3) is 0.176. The summed E-state index contributed by atoms with van der Waals surface area (Å²) in [6.07, 6.45) is 3.99. The summed E-state index contributed by atoms with van der Waals surface area (Å²) in [5.74, 6) is 0. The van der Waals surface area contributed by atoms with Crippen LogP contribution < -0.4 is 4.57 Å². The van der Waals surface area contributed by atoms with Crippen molar-refractivity contribution in [2.45, 2.75) is 6.92 Å². The van der Waals surface area contributed by atoms with Crippen molar-refractivity contribution >= 4 is 54.5 Å². The van der Waals surface area contributed by atoms with E-state index < -0.39 is 0 Å². The highest BCUT2D eigenvalue weighted by molar-refractivity contribution is 7.17. The molecule has 0 aliphatic heterocycles. The van der Waals surface area contributed by atoms with Gasteiger partial charge < -0.3 is 8.98 Å². The summed E-state index contributed by atoms with van der Waals surface area (Å²) in [4.78, 5) is 5.54. The molecule has 1 aromatic carbocycles. The van der Waals surface area contributed by atoms with E-state index in [2.05, 4.69) is 51.8 Å². The molecule has 5 rings (SSSR count). The van der Waals surface area contributed by atoms with Crippen molar-refractivity contribution < 1.29 is 8.98 Å². The fourth-order valence-electron chi connectivity index (χ4n) is 3.44. The Hall–Kier alpha value is -2.40. The van der Waals surface area contributed by atoms with Crippen LogP contribution in [0.15, 0.2) is 34.5 Å². The van der Waals surface area contributed by atoms with Gasteiger partial charge in [-0.05, 0) is 12.5 Å². The van der Waals surface area contributed by atoms with E-state index in [1.807, 2.05) is 13.4 Å². The topological polar surface area (TPSA) is 34.8 Å². The second-order valence-electron chi connectivity index (χ2n) is 5.82. The van der Waals surface area contributed by atoms with Gasteiger partial charge in [-0.25, -0.2) is 9.55 Å². The van der Waals surface area contributed by atoms with Gasteiger partial charge in [-0.2, -0.15) is 0 Å². The third-order valence-electron chi connectivity index (χ3n) is 4.55. The number of hydrogen-bond acceptors (Lipinski definition) is 3. The highest BCUT2D eigenvalue weighted by Gasteiger charge is 2.20. The average molecular weight is 308 g/mol. The molecule has 0 aliphatic rings. The Bertz CT molecular complexity index is 1210. The lowest BCUT2D eigenvalue weighted by molar-refractivity contribution is -0.642. The molecular weight excluding hydrogens is 294 g/mol. The van der Waals surface area contributed by atoms with Crippen LogP contribution in [0.25, 0.3) is 43.2 Å². The van der Waals surface area contributed by atoms with Crippen molar-refractivity contribution in [3.8, 4) is 0 Å². The van der Waals surface area contributed by atoms with E-state index in [1.165, 1.54) is 27.4 Å². The van der Waals surface area contributed by atoms with Gasteiger partial charge in [0.25, 0.3) is 0 Å². The van der Waals surface area contributed by atoms with Crippen molar-refractivity contribution in [2.75, 3.05) is 0 Å². The molecule has 108 valence electrons. The van der Waals surface area contributed by atoms with E-state index in [4.69, 9.17) is 4.42 Å². The van der Waals surface area contributed by atoms with Gasteiger partial charge >= 0.3 is 0 Å². The summed E-state index contributed by atoms with van der Waals surface area (Å²) in [6, 6.07) is 4.32. The predicted octanol–water partition coefficient (Wildman–Crippen LogP) is 3.82. The molecular formula is C17H14N3OS+. The summed E-state index contributed by atoms with van der Waals surface area (Å²) >= 11 is 1.63. The normalized spacial score (nSPS) is 12.3. The second-order valence-corrected chi connectivity index (χ2v) is 6.68. The molecule has 0 unspecified atom stereocenters. The lowest BCUT2D eigenvalue weighted by atomic mass is 10.0. The number of fused-ring (bicyclic) bond motifs is 3. The summed E-state index contributed by atoms with van der Waals surface area (Å²) in [5, 5.41) is 5.63. The van der Waals surface area contributed by atoms with Crippen molar-refractivity contribution in [1.29, 1.82) is 0 Å². The van der Waals surface area contributed by atoms with Crippen molar-refractivity contribution in [3.63, 3.8) is 0 Å². The van der Waals surface area contributed by atoms with E-state index in [9.17, 15) is 0 Å². The molecule has 5 aromatic rings. The minimum absolute atomic E-state index is 0.916. The monoisotopic (exact) mass is 308 g/mol. The van der Waals surface area contributed by atoms with Gasteiger partial charge in [0.2, 0.25) is 5.52 Å². The average Bonchev–Trinajstić information content (AvgIpc) is 3.08. The van der Waals surface area contributed by atoms with E-state index in [0.717, 1.165) is 21.4 Å². The van der Waals surface area contributed by atoms with Crippen molar-refractivity contribution in [3.05, 3.63) is 35.6 Å². The van der Waals surface area contributed by atoms with Crippen molar-refractivity contribution in [2.24, 2.45) is 14.1 Å². The number of rotatable bonds is 0. The first kappa shape index (κ1) is 12.2. The Morgan fingerprint density at radius 3 is 3.00 bits per heavy atom. The Labute approximate surface area is 130 Å². The summed E-state index contributed by atoms with van der Waals surface area (Å²) < 4.78 is 10.4. The highest BCUT2D eigenvalue weighted by atomic mass is 32.1. The molecule has 0 amide bonds. The third-order valence-corrected chi connectivity index (χ3v) is 5.41. The molecule has 4 heterocycles. The molecule has 0 saturated heterocycles. The van der Waals surface area contributed by atoms with Crippen LogP contribution in [0.3, 0.4) is 0 Å². The van der Waals surface area contributed by atoms with Crippen LogP contribution in [0.2, 0.25) is 0 Å². The molecule has 4 aromatic heterocycles. The third kappa shape index (κ3) is 1.32. The van der Waals surface area contributed by atoms with Crippen LogP contribution in [0, 0.1) is 6.92 Å². The van der Waals surface area contributed by atoms with Crippen LogP contribution in [0.5, 0.6) is 0 Å². The quantitative estimate of drug-likeness (QED) is 0.322. The minimum Gasteiger partial charge on any atom is -0.455 e. The molecule has 0 bridgehead atoms. The van der Waals surface area contributed by atoms with E-state index in [1.54, 1.807) is 11.3 Å². The second kappa shape index (κ2) is 3.87. The zero-order valence-electron chi connectivity index (χ0n) is 12.5. The maximum atomic E-state index is 6.20. The Morgan fingerprint density at radius 2 is 2.14 bits per heavy atom. The molecule has 0 N–H and O–H groups in total. The minimum atomic E-state index is 0.916.